The molecule has 0 spiro atoms. The lowest BCUT2D eigenvalue weighted by Gasteiger charge is -2.21. The quantitative estimate of drug-likeness (QED) is 0.649. The molecule has 0 radical (unpaired) electrons. The molecule has 0 saturated carbocycles. The molecule has 118 valence electrons. The molecule has 1 N–H and O–H groups in total. The molecule has 1 saturated heterocycles. The Hall–Kier alpha value is -0.0900. The van der Waals surface area contributed by atoms with E-state index < -0.39 is 0 Å². The molecule has 1 aliphatic heterocycles. The van der Waals surface area contributed by atoms with Crippen LogP contribution in [0.2, 0.25) is 5.02 Å². The molecule has 1 heterocycles. The Morgan fingerprint density at radius 2 is 2.33 bits per heavy atom. The lowest BCUT2D eigenvalue weighted by atomic mass is 9.99. The number of ether oxygens (including phenoxy) is 1. The highest BCUT2D eigenvalue weighted by molar-refractivity contribution is 9.10. The number of hydrogen-bond donors (Lipinski definition) is 1. The maximum Gasteiger partial charge on any atom is 0.0576 e. The van der Waals surface area contributed by atoms with Crippen molar-refractivity contribution < 1.29 is 4.74 Å². The number of rotatable bonds is 8. The van der Waals surface area contributed by atoms with E-state index in [0.717, 1.165) is 35.5 Å². The van der Waals surface area contributed by atoms with Crippen LogP contribution in [0.3, 0.4) is 0 Å². The van der Waals surface area contributed by atoms with Crippen molar-refractivity contribution in [1.82, 2.24) is 5.32 Å². The molecule has 1 aromatic rings. The molecular weight excluding hydrogens is 350 g/mol. The van der Waals surface area contributed by atoms with Crippen LogP contribution in [-0.4, -0.2) is 19.3 Å². The van der Waals surface area contributed by atoms with Gasteiger partial charge in [0, 0.05) is 22.1 Å². The van der Waals surface area contributed by atoms with Gasteiger partial charge in [0.15, 0.2) is 0 Å². The van der Waals surface area contributed by atoms with Crippen LogP contribution in [0.15, 0.2) is 22.7 Å². The highest BCUT2D eigenvalue weighted by Gasteiger charge is 2.18. The molecule has 0 amide bonds. The van der Waals surface area contributed by atoms with Crippen LogP contribution >= 0.6 is 27.5 Å². The SMILES string of the molecule is CCCNC(CCCC1CCCO1)c1cc(Cl)ccc1Br. The molecule has 2 rings (SSSR count). The molecule has 2 nitrogen and oxygen atoms in total. The minimum absolute atomic E-state index is 0.361. The minimum Gasteiger partial charge on any atom is -0.378 e. The van der Waals surface area contributed by atoms with Gasteiger partial charge in [-0.3, -0.25) is 0 Å². The van der Waals surface area contributed by atoms with Crippen LogP contribution in [0, 0.1) is 0 Å². The summed E-state index contributed by atoms with van der Waals surface area (Å²) in [5, 5.41) is 4.45. The molecule has 1 aliphatic rings. The highest BCUT2D eigenvalue weighted by Crippen LogP contribution is 2.30. The van der Waals surface area contributed by atoms with Gasteiger partial charge in [0.2, 0.25) is 0 Å². The first-order valence-electron chi connectivity index (χ1n) is 8.00. The predicted octanol–water partition coefficient (Wildman–Crippen LogP) is 5.49. The Kier molecular flexibility index (Phi) is 7.51. The summed E-state index contributed by atoms with van der Waals surface area (Å²) >= 11 is 9.82. The summed E-state index contributed by atoms with van der Waals surface area (Å²) in [5.41, 5.74) is 1.27. The summed E-state index contributed by atoms with van der Waals surface area (Å²) in [6.45, 7) is 4.18. The number of halogens is 2. The zero-order valence-corrected chi connectivity index (χ0v) is 15.0. The Bertz CT molecular complexity index is 435. The van der Waals surface area contributed by atoms with Crippen molar-refractivity contribution in [3.63, 3.8) is 0 Å². The fourth-order valence-electron chi connectivity index (χ4n) is 2.89. The third kappa shape index (κ3) is 5.55. The first-order valence-corrected chi connectivity index (χ1v) is 9.17. The van der Waals surface area contributed by atoms with Crippen molar-refractivity contribution in [2.45, 2.75) is 57.6 Å². The maximum atomic E-state index is 6.16. The van der Waals surface area contributed by atoms with E-state index >= 15 is 0 Å². The van der Waals surface area contributed by atoms with Gasteiger partial charge in [-0.25, -0.2) is 0 Å². The third-order valence-corrected chi connectivity index (χ3v) is 4.97. The Labute approximate surface area is 141 Å². The van der Waals surface area contributed by atoms with Gasteiger partial charge in [-0.2, -0.15) is 0 Å². The first-order chi connectivity index (χ1) is 10.2. The third-order valence-electron chi connectivity index (χ3n) is 4.02. The van der Waals surface area contributed by atoms with Gasteiger partial charge < -0.3 is 10.1 Å². The van der Waals surface area contributed by atoms with E-state index in [1.165, 1.54) is 31.2 Å². The van der Waals surface area contributed by atoms with Crippen molar-refractivity contribution in [2.24, 2.45) is 0 Å². The van der Waals surface area contributed by atoms with Gasteiger partial charge in [-0.1, -0.05) is 34.5 Å². The molecule has 4 heteroatoms. The highest BCUT2D eigenvalue weighted by atomic mass is 79.9. The zero-order valence-electron chi connectivity index (χ0n) is 12.7. The molecule has 2 atom stereocenters. The first kappa shape index (κ1) is 17.3. The maximum absolute atomic E-state index is 6.16. The van der Waals surface area contributed by atoms with E-state index in [0.29, 0.717) is 12.1 Å². The molecule has 0 aliphatic carbocycles. The molecule has 1 fully saturated rings. The summed E-state index contributed by atoms with van der Waals surface area (Å²) in [6, 6.07) is 6.40. The Morgan fingerprint density at radius 3 is 3.05 bits per heavy atom. The van der Waals surface area contributed by atoms with E-state index in [2.05, 4.69) is 34.2 Å². The lowest BCUT2D eigenvalue weighted by Crippen LogP contribution is -2.23. The molecule has 21 heavy (non-hydrogen) atoms. The summed E-state index contributed by atoms with van der Waals surface area (Å²) in [6.07, 6.45) is 7.56. The van der Waals surface area contributed by atoms with Crippen molar-refractivity contribution >= 4 is 27.5 Å². The second-order valence-corrected chi connectivity index (χ2v) is 7.03. The summed E-state index contributed by atoms with van der Waals surface area (Å²) in [7, 11) is 0. The molecule has 2 unspecified atom stereocenters. The van der Waals surface area contributed by atoms with Crippen LogP contribution in [-0.2, 0) is 4.74 Å². The van der Waals surface area contributed by atoms with Crippen LogP contribution in [0.4, 0.5) is 0 Å². The predicted molar refractivity (Wildman–Crippen MR) is 93.0 cm³/mol. The Balaban J connectivity index is 1.94. The van der Waals surface area contributed by atoms with Gasteiger partial charge in [-0.05, 0) is 68.8 Å². The van der Waals surface area contributed by atoms with E-state index in [4.69, 9.17) is 16.3 Å². The number of benzene rings is 1. The number of hydrogen-bond acceptors (Lipinski definition) is 2. The van der Waals surface area contributed by atoms with E-state index in [-0.39, 0.29) is 0 Å². The van der Waals surface area contributed by atoms with Gasteiger partial charge >= 0.3 is 0 Å². The fraction of sp³-hybridized carbons (Fsp3) is 0.647. The van der Waals surface area contributed by atoms with Crippen molar-refractivity contribution in [3.05, 3.63) is 33.3 Å². The van der Waals surface area contributed by atoms with Gasteiger partial charge in [0.05, 0.1) is 6.10 Å². The van der Waals surface area contributed by atoms with E-state index in [9.17, 15) is 0 Å². The summed E-state index contributed by atoms with van der Waals surface area (Å²) in [5.74, 6) is 0. The summed E-state index contributed by atoms with van der Waals surface area (Å²) in [4.78, 5) is 0. The molecular formula is C17H25BrClNO. The average molecular weight is 375 g/mol. The monoisotopic (exact) mass is 373 g/mol. The van der Waals surface area contributed by atoms with Gasteiger partial charge in [0.1, 0.15) is 0 Å². The normalized spacial score (nSPS) is 19.9. The second kappa shape index (κ2) is 9.14. The van der Waals surface area contributed by atoms with Gasteiger partial charge in [-0.15, -0.1) is 0 Å². The lowest BCUT2D eigenvalue weighted by molar-refractivity contribution is 0.101. The summed E-state index contributed by atoms with van der Waals surface area (Å²) < 4.78 is 6.85. The second-order valence-electron chi connectivity index (χ2n) is 5.74. The minimum atomic E-state index is 0.361. The van der Waals surface area contributed by atoms with Gasteiger partial charge in [0.25, 0.3) is 0 Å². The molecule has 1 aromatic carbocycles. The largest absolute Gasteiger partial charge is 0.378 e. The number of nitrogens with one attached hydrogen (secondary N) is 1. The molecule has 0 bridgehead atoms. The van der Waals surface area contributed by atoms with Crippen LogP contribution in [0.1, 0.15) is 57.1 Å². The smallest absolute Gasteiger partial charge is 0.0576 e. The van der Waals surface area contributed by atoms with Crippen LogP contribution in [0.5, 0.6) is 0 Å². The van der Waals surface area contributed by atoms with Crippen molar-refractivity contribution in [1.29, 1.82) is 0 Å². The van der Waals surface area contributed by atoms with E-state index in [1.807, 2.05) is 12.1 Å². The van der Waals surface area contributed by atoms with E-state index in [1.54, 1.807) is 0 Å². The zero-order chi connectivity index (χ0) is 15.1. The Morgan fingerprint density at radius 1 is 1.48 bits per heavy atom. The van der Waals surface area contributed by atoms with Crippen LogP contribution < -0.4 is 5.32 Å². The standard InChI is InChI=1S/C17H25BrClNO/c1-2-10-20-17(7-3-5-14-6-4-11-21-14)15-12-13(19)8-9-16(15)18/h8-9,12,14,17,20H,2-7,10-11H2,1H3. The van der Waals surface area contributed by atoms with Crippen molar-refractivity contribution in [3.8, 4) is 0 Å². The fourth-order valence-corrected chi connectivity index (χ4v) is 3.59. The topological polar surface area (TPSA) is 21.3 Å². The van der Waals surface area contributed by atoms with Crippen LogP contribution in [0.25, 0.3) is 0 Å². The van der Waals surface area contributed by atoms with Crippen molar-refractivity contribution in [2.75, 3.05) is 13.2 Å². The average Bonchev–Trinajstić information content (AvgIpc) is 2.99. The molecule has 0 aromatic heterocycles.